The molecule has 0 aliphatic carbocycles. The third kappa shape index (κ3) is 2.60. The van der Waals surface area contributed by atoms with Crippen LogP contribution in [0.25, 0.3) is 27.5 Å². The van der Waals surface area contributed by atoms with Crippen LogP contribution >= 0.6 is 0 Å². The number of carbonyl (C=O) groups excluding carboxylic acids is 2. The van der Waals surface area contributed by atoms with Crippen molar-refractivity contribution in [1.29, 1.82) is 10.5 Å². The van der Waals surface area contributed by atoms with Crippen molar-refractivity contribution < 1.29 is 9.59 Å². The summed E-state index contributed by atoms with van der Waals surface area (Å²) in [5, 5.41) is 20.4. The predicted molar refractivity (Wildman–Crippen MR) is 128 cm³/mol. The predicted octanol–water partition coefficient (Wildman–Crippen LogP) is 5.33. The van der Waals surface area contributed by atoms with Gasteiger partial charge in [-0.3, -0.25) is 9.59 Å². The van der Waals surface area contributed by atoms with Gasteiger partial charge in [0.15, 0.2) is 0 Å². The Morgan fingerprint density at radius 1 is 0.647 bits per heavy atom. The van der Waals surface area contributed by atoms with Crippen molar-refractivity contribution >= 4 is 39.3 Å². The summed E-state index contributed by atoms with van der Waals surface area (Å²) in [6, 6.07) is 29.1. The molecular weight excluding hydrogens is 424 g/mol. The Hall–Kier alpha value is -5.20. The molecule has 0 fully saturated rings. The molecule has 2 heterocycles. The normalized spacial score (nSPS) is 12.7. The maximum absolute atomic E-state index is 13.6. The van der Waals surface area contributed by atoms with Crippen molar-refractivity contribution in [3.63, 3.8) is 0 Å². The average molecular weight is 438 g/mol. The van der Waals surface area contributed by atoms with Crippen molar-refractivity contribution in [1.82, 2.24) is 4.57 Å². The number of imide groups is 1. The smallest absolute Gasteiger partial charge is 0.268 e. The van der Waals surface area contributed by atoms with Gasteiger partial charge >= 0.3 is 0 Å². The van der Waals surface area contributed by atoms with Gasteiger partial charge in [-0.2, -0.15) is 10.5 Å². The molecule has 6 heteroatoms. The first-order chi connectivity index (χ1) is 16.6. The molecule has 0 unspecified atom stereocenters. The molecule has 1 aliphatic rings. The lowest BCUT2D eigenvalue weighted by molar-refractivity contribution is 0.0926. The number of rotatable bonds is 2. The second kappa shape index (κ2) is 7.16. The molecule has 158 valence electrons. The van der Waals surface area contributed by atoms with Crippen molar-refractivity contribution in [2.45, 2.75) is 0 Å². The van der Waals surface area contributed by atoms with Gasteiger partial charge in [0.05, 0.1) is 56.8 Å². The van der Waals surface area contributed by atoms with Gasteiger partial charge in [-0.1, -0.05) is 24.3 Å². The fourth-order valence-electron chi connectivity index (χ4n) is 4.69. The summed E-state index contributed by atoms with van der Waals surface area (Å²) >= 11 is 0. The van der Waals surface area contributed by atoms with E-state index in [1.165, 1.54) is 4.90 Å². The Kier molecular flexibility index (Phi) is 4.10. The number of hydrogen-bond donors (Lipinski definition) is 0. The number of fused-ring (bicyclic) bond motifs is 4. The van der Waals surface area contributed by atoms with Gasteiger partial charge in [-0.05, 0) is 60.7 Å². The highest BCUT2D eigenvalue weighted by atomic mass is 16.2. The quantitative estimate of drug-likeness (QED) is 0.349. The number of aromatic nitrogens is 1. The summed E-state index contributed by atoms with van der Waals surface area (Å²) in [7, 11) is 0. The largest absolute Gasteiger partial charge is 0.308 e. The van der Waals surface area contributed by atoms with Gasteiger partial charge in [-0.25, -0.2) is 4.90 Å². The van der Waals surface area contributed by atoms with E-state index in [1.807, 2.05) is 28.8 Å². The number of amides is 2. The van der Waals surface area contributed by atoms with Crippen molar-refractivity contribution in [3.05, 3.63) is 107 Å². The SMILES string of the molecule is N#Cc1ccc2c(c1)c1cc(C#N)ccc1n2-c1cccc2c1C(=O)N(c1ccccc1)C2=O. The Bertz CT molecular complexity index is 1700. The Morgan fingerprint density at radius 3 is 1.85 bits per heavy atom. The lowest BCUT2D eigenvalue weighted by Crippen LogP contribution is -2.29. The van der Waals surface area contributed by atoms with Crippen LogP contribution in [0.3, 0.4) is 0 Å². The van der Waals surface area contributed by atoms with Crippen LogP contribution in [-0.4, -0.2) is 16.4 Å². The first-order valence-electron chi connectivity index (χ1n) is 10.6. The Morgan fingerprint density at radius 2 is 1.26 bits per heavy atom. The molecule has 2 amide bonds. The molecule has 0 N–H and O–H groups in total. The standard InChI is InChI=1S/C28H14N4O2/c29-15-17-9-11-23-21(13-17)22-14-18(16-30)10-12-24(22)32(23)25-8-4-7-20-26(25)28(34)31(27(20)33)19-5-2-1-3-6-19/h1-14H. The number of hydrogen-bond acceptors (Lipinski definition) is 4. The van der Waals surface area contributed by atoms with E-state index >= 15 is 0 Å². The van der Waals surface area contributed by atoms with E-state index in [9.17, 15) is 20.1 Å². The van der Waals surface area contributed by atoms with Crippen LogP contribution in [0.15, 0.2) is 84.9 Å². The number of carbonyl (C=O) groups is 2. The minimum absolute atomic E-state index is 0.323. The molecule has 1 aliphatic heterocycles. The topological polar surface area (TPSA) is 89.9 Å². The Balaban J connectivity index is 1.67. The van der Waals surface area contributed by atoms with Crippen LogP contribution in [0, 0.1) is 22.7 Å². The third-order valence-corrected chi connectivity index (χ3v) is 6.17. The molecule has 0 radical (unpaired) electrons. The van der Waals surface area contributed by atoms with Gasteiger partial charge in [-0.15, -0.1) is 0 Å². The summed E-state index contributed by atoms with van der Waals surface area (Å²) in [6.07, 6.45) is 0. The van der Waals surface area contributed by atoms with E-state index in [2.05, 4.69) is 12.1 Å². The number of nitriles is 2. The van der Waals surface area contributed by atoms with Crippen molar-refractivity contribution in [3.8, 4) is 17.8 Å². The van der Waals surface area contributed by atoms with Crippen LogP contribution in [0.4, 0.5) is 5.69 Å². The van der Waals surface area contributed by atoms with Crippen LogP contribution < -0.4 is 4.90 Å². The summed E-state index contributed by atoms with van der Waals surface area (Å²) in [5.74, 6) is -0.758. The summed E-state index contributed by atoms with van der Waals surface area (Å²) in [5.41, 5.74) is 4.28. The van der Waals surface area contributed by atoms with Gasteiger partial charge in [0.1, 0.15) is 0 Å². The van der Waals surface area contributed by atoms with Gasteiger partial charge in [0, 0.05) is 10.8 Å². The van der Waals surface area contributed by atoms with Crippen LogP contribution in [0.1, 0.15) is 31.8 Å². The second-order valence-corrected chi connectivity index (χ2v) is 8.00. The monoisotopic (exact) mass is 438 g/mol. The number of para-hydroxylation sites is 1. The van der Waals surface area contributed by atoms with Gasteiger partial charge < -0.3 is 4.57 Å². The van der Waals surface area contributed by atoms with E-state index in [4.69, 9.17) is 0 Å². The first kappa shape index (κ1) is 19.5. The lowest BCUT2D eigenvalue weighted by atomic mass is 10.1. The number of anilines is 1. The highest BCUT2D eigenvalue weighted by Gasteiger charge is 2.39. The van der Waals surface area contributed by atoms with E-state index in [1.54, 1.807) is 60.7 Å². The minimum atomic E-state index is -0.390. The fraction of sp³-hybridized carbons (Fsp3) is 0. The van der Waals surface area contributed by atoms with Gasteiger partial charge in [0.25, 0.3) is 11.8 Å². The molecule has 1 aromatic heterocycles. The molecule has 4 aromatic carbocycles. The molecule has 6 nitrogen and oxygen atoms in total. The highest BCUT2D eigenvalue weighted by molar-refractivity contribution is 6.35. The van der Waals surface area contributed by atoms with Crippen molar-refractivity contribution in [2.75, 3.05) is 4.90 Å². The molecule has 34 heavy (non-hydrogen) atoms. The molecule has 0 saturated heterocycles. The molecule has 0 bridgehead atoms. The maximum Gasteiger partial charge on any atom is 0.268 e. The number of nitrogens with zero attached hydrogens (tertiary/aromatic N) is 4. The van der Waals surface area contributed by atoms with Crippen LogP contribution in [-0.2, 0) is 0 Å². The van der Waals surface area contributed by atoms with Crippen LogP contribution in [0.5, 0.6) is 0 Å². The highest BCUT2D eigenvalue weighted by Crippen LogP contribution is 2.38. The van der Waals surface area contributed by atoms with E-state index in [0.717, 1.165) is 21.8 Å². The van der Waals surface area contributed by atoms with Crippen LogP contribution in [0.2, 0.25) is 0 Å². The summed E-state index contributed by atoms with van der Waals surface area (Å²) < 4.78 is 1.92. The molecular formula is C28H14N4O2. The zero-order valence-corrected chi connectivity index (χ0v) is 17.7. The van der Waals surface area contributed by atoms with E-state index in [-0.39, 0.29) is 11.8 Å². The zero-order chi connectivity index (χ0) is 23.4. The molecule has 5 aromatic rings. The minimum Gasteiger partial charge on any atom is -0.308 e. The van der Waals surface area contributed by atoms with E-state index in [0.29, 0.717) is 33.6 Å². The molecule has 0 atom stereocenters. The summed E-state index contributed by atoms with van der Waals surface area (Å²) in [6.45, 7) is 0. The molecule has 0 spiro atoms. The fourth-order valence-corrected chi connectivity index (χ4v) is 4.69. The lowest BCUT2D eigenvalue weighted by Gasteiger charge is -2.14. The van der Waals surface area contributed by atoms with E-state index < -0.39 is 0 Å². The summed E-state index contributed by atoms with van der Waals surface area (Å²) in [4.78, 5) is 28.0. The molecule has 0 saturated carbocycles. The average Bonchev–Trinajstić information content (AvgIpc) is 3.34. The number of benzene rings is 4. The Labute approximate surface area is 194 Å². The maximum atomic E-state index is 13.6. The van der Waals surface area contributed by atoms with Crippen molar-refractivity contribution in [2.24, 2.45) is 0 Å². The zero-order valence-electron chi connectivity index (χ0n) is 17.7. The third-order valence-electron chi connectivity index (χ3n) is 6.17. The first-order valence-corrected chi connectivity index (χ1v) is 10.6. The second-order valence-electron chi connectivity index (χ2n) is 8.00. The molecule has 6 rings (SSSR count). The van der Waals surface area contributed by atoms with Gasteiger partial charge in [0.2, 0.25) is 0 Å².